The van der Waals surface area contributed by atoms with Gasteiger partial charge >= 0.3 is 5.97 Å². The van der Waals surface area contributed by atoms with Crippen LogP contribution in [0.1, 0.15) is 41.5 Å². The molecule has 0 saturated heterocycles. The minimum absolute atomic E-state index is 0.233. The summed E-state index contributed by atoms with van der Waals surface area (Å²) < 4.78 is 4.93. The zero-order chi connectivity index (χ0) is 12.0. The fraction of sp³-hybridized carbons (Fsp3) is 0.750. The van der Waals surface area contributed by atoms with Crippen molar-refractivity contribution in [3.8, 4) is 0 Å². The van der Waals surface area contributed by atoms with Crippen molar-refractivity contribution in [2.24, 2.45) is 0 Å². The summed E-state index contributed by atoms with van der Waals surface area (Å²) in [4.78, 5) is 13.6. The Bertz CT molecular complexity index is 224. The molecule has 0 amide bonds. The lowest BCUT2D eigenvalue weighted by Gasteiger charge is -2.29. The van der Waals surface area contributed by atoms with E-state index in [1.165, 1.54) is 0 Å². The second-order valence-electron chi connectivity index (χ2n) is 4.17. The number of carbonyl (C=O) groups excluding carboxylic acids is 1. The molecule has 0 spiro atoms. The molecule has 0 aliphatic carbocycles. The van der Waals surface area contributed by atoms with Crippen LogP contribution in [0.25, 0.3) is 0 Å². The molecule has 0 heterocycles. The minimum atomic E-state index is -0.233. The van der Waals surface area contributed by atoms with Crippen LogP contribution >= 0.6 is 0 Å². The normalized spacial score (nSPS) is 12.1. The van der Waals surface area contributed by atoms with Crippen LogP contribution in [0.2, 0.25) is 0 Å². The van der Waals surface area contributed by atoms with Crippen molar-refractivity contribution in [1.29, 1.82) is 0 Å². The third-order valence-corrected chi connectivity index (χ3v) is 2.13. The first-order valence-corrected chi connectivity index (χ1v) is 5.53. The van der Waals surface area contributed by atoms with Crippen molar-refractivity contribution in [3.05, 3.63) is 11.8 Å². The van der Waals surface area contributed by atoms with Gasteiger partial charge in [0.25, 0.3) is 0 Å². The van der Waals surface area contributed by atoms with Gasteiger partial charge in [-0.3, -0.25) is 0 Å². The molecule has 0 aromatic rings. The Kier molecular flexibility index (Phi) is 6.06. The van der Waals surface area contributed by atoms with Gasteiger partial charge in [-0.05, 0) is 41.5 Å². The first-order valence-electron chi connectivity index (χ1n) is 5.53. The second-order valence-corrected chi connectivity index (χ2v) is 4.17. The van der Waals surface area contributed by atoms with Gasteiger partial charge in [-0.2, -0.15) is 0 Å². The van der Waals surface area contributed by atoms with E-state index in [4.69, 9.17) is 4.74 Å². The largest absolute Gasteiger partial charge is 0.463 e. The molecule has 0 unspecified atom stereocenters. The molecule has 3 heteroatoms. The first kappa shape index (κ1) is 14.0. The molecular weight excluding hydrogens is 190 g/mol. The van der Waals surface area contributed by atoms with Gasteiger partial charge in [-0.1, -0.05) is 0 Å². The van der Waals surface area contributed by atoms with Gasteiger partial charge in [-0.25, -0.2) is 4.79 Å². The van der Waals surface area contributed by atoms with Crippen LogP contribution in [-0.4, -0.2) is 29.6 Å². The number of hydrogen-bond acceptors (Lipinski definition) is 3. The third kappa shape index (κ3) is 4.86. The molecule has 0 atom stereocenters. The molecule has 0 aliphatic heterocycles. The number of rotatable bonds is 5. The fourth-order valence-electron chi connectivity index (χ4n) is 1.42. The summed E-state index contributed by atoms with van der Waals surface area (Å²) in [5.74, 6) is -0.233. The average Bonchev–Trinajstić information content (AvgIpc) is 2.12. The predicted octanol–water partition coefficient (Wildman–Crippen LogP) is 2.57. The maximum absolute atomic E-state index is 11.4. The van der Waals surface area contributed by atoms with Crippen molar-refractivity contribution in [3.63, 3.8) is 0 Å². The van der Waals surface area contributed by atoms with Gasteiger partial charge in [0.05, 0.1) is 6.61 Å². The van der Waals surface area contributed by atoms with Gasteiger partial charge in [0, 0.05) is 23.9 Å². The molecular formula is C12H23NO2. The molecule has 0 bridgehead atoms. The maximum atomic E-state index is 11.4. The number of nitrogens with zero attached hydrogens (tertiary/aromatic N) is 1. The number of ether oxygens (including phenoxy) is 1. The molecule has 88 valence electrons. The lowest BCUT2D eigenvalue weighted by molar-refractivity contribution is -0.138. The van der Waals surface area contributed by atoms with Crippen LogP contribution < -0.4 is 0 Å². The molecule has 3 nitrogen and oxygen atoms in total. The van der Waals surface area contributed by atoms with Crippen LogP contribution in [0.4, 0.5) is 0 Å². The highest BCUT2D eigenvalue weighted by molar-refractivity contribution is 5.87. The Balaban J connectivity index is 4.60. The summed E-state index contributed by atoms with van der Waals surface area (Å²) in [5.41, 5.74) is 0.652. The second kappa shape index (κ2) is 6.49. The standard InChI is InChI=1S/C12H23NO2/c1-7-15-12(14)11(6)8-13(9(2)3)10(4)5/h8-10H,7H2,1-6H3/b11-8+. The van der Waals surface area contributed by atoms with Gasteiger partial charge in [0.15, 0.2) is 0 Å². The van der Waals surface area contributed by atoms with Gasteiger partial charge in [-0.15, -0.1) is 0 Å². The van der Waals surface area contributed by atoms with E-state index in [1.807, 2.05) is 13.1 Å². The molecule has 0 saturated carbocycles. The van der Waals surface area contributed by atoms with Crippen LogP contribution in [0.5, 0.6) is 0 Å². The summed E-state index contributed by atoms with van der Waals surface area (Å²) in [6.07, 6.45) is 1.88. The summed E-state index contributed by atoms with van der Waals surface area (Å²) in [5, 5.41) is 0. The Morgan fingerprint density at radius 2 is 1.73 bits per heavy atom. The predicted molar refractivity (Wildman–Crippen MR) is 62.5 cm³/mol. The van der Waals surface area contributed by atoms with Crippen LogP contribution in [-0.2, 0) is 9.53 Å². The minimum Gasteiger partial charge on any atom is -0.463 e. The quantitative estimate of drug-likeness (QED) is 0.519. The highest BCUT2D eigenvalue weighted by atomic mass is 16.5. The Labute approximate surface area is 93.1 Å². The Hall–Kier alpha value is -0.990. The SMILES string of the molecule is CCOC(=O)/C(C)=C/N(C(C)C)C(C)C. The van der Waals surface area contributed by atoms with Gasteiger partial charge in [0.1, 0.15) is 0 Å². The summed E-state index contributed by atoms with van der Waals surface area (Å²) in [7, 11) is 0. The average molecular weight is 213 g/mol. The molecule has 15 heavy (non-hydrogen) atoms. The van der Waals surface area contributed by atoms with Gasteiger partial charge in [0.2, 0.25) is 0 Å². The van der Waals surface area contributed by atoms with E-state index in [1.54, 1.807) is 6.92 Å². The van der Waals surface area contributed by atoms with Crippen molar-refractivity contribution in [2.45, 2.75) is 53.6 Å². The van der Waals surface area contributed by atoms with E-state index in [0.29, 0.717) is 24.3 Å². The monoisotopic (exact) mass is 213 g/mol. The zero-order valence-corrected chi connectivity index (χ0v) is 10.7. The lowest BCUT2D eigenvalue weighted by atomic mass is 10.2. The molecule has 0 fully saturated rings. The lowest BCUT2D eigenvalue weighted by Crippen LogP contribution is -2.32. The van der Waals surface area contributed by atoms with Crippen LogP contribution in [0.15, 0.2) is 11.8 Å². The summed E-state index contributed by atoms with van der Waals surface area (Å²) >= 11 is 0. The van der Waals surface area contributed by atoms with E-state index in [0.717, 1.165) is 0 Å². The highest BCUT2D eigenvalue weighted by Crippen LogP contribution is 2.09. The Morgan fingerprint density at radius 1 is 1.27 bits per heavy atom. The highest BCUT2D eigenvalue weighted by Gasteiger charge is 2.12. The van der Waals surface area contributed by atoms with E-state index in [2.05, 4.69) is 32.6 Å². The zero-order valence-electron chi connectivity index (χ0n) is 10.7. The van der Waals surface area contributed by atoms with Crippen molar-refractivity contribution < 1.29 is 9.53 Å². The summed E-state index contributed by atoms with van der Waals surface area (Å²) in [6, 6.07) is 0.767. The molecule has 0 aromatic heterocycles. The topological polar surface area (TPSA) is 29.5 Å². The number of carbonyl (C=O) groups is 1. The molecule has 0 radical (unpaired) electrons. The van der Waals surface area contributed by atoms with E-state index >= 15 is 0 Å². The third-order valence-electron chi connectivity index (χ3n) is 2.13. The number of esters is 1. The van der Waals surface area contributed by atoms with Crippen LogP contribution in [0.3, 0.4) is 0 Å². The summed E-state index contributed by atoms with van der Waals surface area (Å²) in [6.45, 7) is 12.4. The smallest absolute Gasteiger partial charge is 0.335 e. The van der Waals surface area contributed by atoms with Crippen molar-refractivity contribution >= 4 is 5.97 Å². The molecule has 0 aliphatic rings. The first-order chi connectivity index (χ1) is 6.90. The van der Waals surface area contributed by atoms with Crippen molar-refractivity contribution in [2.75, 3.05) is 6.61 Å². The Morgan fingerprint density at radius 3 is 2.07 bits per heavy atom. The number of hydrogen-bond donors (Lipinski definition) is 0. The molecule has 0 N–H and O–H groups in total. The molecule has 0 rings (SSSR count). The van der Waals surface area contributed by atoms with E-state index in [9.17, 15) is 4.79 Å². The molecule has 0 aromatic carbocycles. The van der Waals surface area contributed by atoms with E-state index in [-0.39, 0.29) is 5.97 Å². The fourth-order valence-corrected chi connectivity index (χ4v) is 1.42. The maximum Gasteiger partial charge on any atom is 0.335 e. The van der Waals surface area contributed by atoms with Crippen LogP contribution in [0, 0.1) is 0 Å². The van der Waals surface area contributed by atoms with Gasteiger partial charge < -0.3 is 9.64 Å². The van der Waals surface area contributed by atoms with E-state index < -0.39 is 0 Å². The van der Waals surface area contributed by atoms with Crippen molar-refractivity contribution in [1.82, 2.24) is 4.90 Å².